The smallest absolute Gasteiger partial charge is 0.245 e. The molecule has 4 rings (SSSR count). The fourth-order valence-electron chi connectivity index (χ4n) is 5.59. The van der Waals surface area contributed by atoms with Crippen LogP contribution in [0.2, 0.25) is 0 Å². The number of carbonyl (C=O) groups is 7. The molecule has 2 heterocycles. The van der Waals surface area contributed by atoms with E-state index in [9.17, 15) is 54.0 Å². The number of aromatic hydroxyl groups is 1. The van der Waals surface area contributed by atoms with Gasteiger partial charge in [-0.25, -0.2) is 0 Å². The van der Waals surface area contributed by atoms with Gasteiger partial charge in [0.1, 0.15) is 48.2 Å². The molecule has 59 heavy (non-hydrogen) atoms. The first-order chi connectivity index (χ1) is 28.1. The molecule has 0 unspecified atom stereocenters. The minimum absolute atomic E-state index is 0.0289. The van der Waals surface area contributed by atoms with Gasteiger partial charge in [-0.1, -0.05) is 64.1 Å². The number of nitrogens with one attached hydrogen (secondary N) is 6. The van der Waals surface area contributed by atoms with Crippen LogP contribution in [0.15, 0.2) is 54.6 Å². The van der Waals surface area contributed by atoms with Crippen LogP contribution in [0.4, 0.5) is 0 Å². The molecule has 322 valence electrons. The summed E-state index contributed by atoms with van der Waals surface area (Å²) in [6.45, 7) is -2.32. The molecule has 0 bridgehead atoms. The summed E-state index contributed by atoms with van der Waals surface area (Å²) in [5.74, 6) is -6.02. The number of amides is 7. The fraction of sp³-hybridized carbons (Fsp3) is 0.472. The van der Waals surface area contributed by atoms with Gasteiger partial charge >= 0.3 is 0 Å². The van der Waals surface area contributed by atoms with Crippen molar-refractivity contribution in [3.8, 4) is 5.75 Å². The van der Waals surface area contributed by atoms with Crippen LogP contribution in [0.1, 0.15) is 11.1 Å². The Kier molecular flexibility index (Phi) is 18.2. The molecule has 7 amide bonds. The average molecular weight is 865 g/mol. The molecule has 0 aromatic heterocycles. The van der Waals surface area contributed by atoms with Crippen LogP contribution in [-0.2, 0) is 55.9 Å². The summed E-state index contributed by atoms with van der Waals surface area (Å²) >= 11 is 0. The van der Waals surface area contributed by atoms with Crippen molar-refractivity contribution >= 4 is 62.9 Å². The molecule has 2 aliphatic heterocycles. The van der Waals surface area contributed by atoms with E-state index in [0.717, 1.165) is 21.6 Å². The van der Waals surface area contributed by atoms with Crippen LogP contribution < -0.4 is 43.4 Å². The lowest BCUT2D eigenvalue weighted by atomic mass is 10.0. The molecule has 2 saturated heterocycles. The summed E-state index contributed by atoms with van der Waals surface area (Å²) < 4.78 is 10.7. The van der Waals surface area contributed by atoms with E-state index in [1.165, 1.54) is 12.1 Å². The Labute approximate surface area is 345 Å². The van der Waals surface area contributed by atoms with Gasteiger partial charge in [0.05, 0.1) is 32.3 Å². The van der Waals surface area contributed by atoms with Crippen LogP contribution >= 0.6 is 21.6 Å². The summed E-state index contributed by atoms with van der Waals surface area (Å²) in [6.07, 6.45) is -6.29. The number of rotatable bonds is 14. The number of benzene rings is 2. The van der Waals surface area contributed by atoms with E-state index >= 15 is 0 Å². The molecule has 0 spiro atoms. The monoisotopic (exact) mass is 864 g/mol. The predicted molar refractivity (Wildman–Crippen MR) is 211 cm³/mol. The first-order valence-corrected chi connectivity index (χ1v) is 20.7. The van der Waals surface area contributed by atoms with Crippen molar-refractivity contribution in [2.24, 2.45) is 11.5 Å². The third-order valence-corrected chi connectivity index (χ3v) is 11.3. The highest BCUT2D eigenvalue weighted by atomic mass is 33.1. The van der Waals surface area contributed by atoms with E-state index in [0.29, 0.717) is 11.1 Å². The highest BCUT2D eigenvalue weighted by Crippen LogP contribution is 2.24. The van der Waals surface area contributed by atoms with Crippen molar-refractivity contribution < 1.29 is 63.5 Å². The lowest BCUT2D eigenvalue weighted by Crippen LogP contribution is -2.60. The number of aliphatic hydroxyl groups excluding tert-OH is 3. The number of primary amides is 1. The second-order valence-electron chi connectivity index (χ2n) is 13.5. The lowest BCUT2D eigenvalue weighted by molar-refractivity contribution is -0.270. The third-order valence-electron chi connectivity index (χ3n) is 8.86. The number of phenols is 1. The first-order valence-electron chi connectivity index (χ1n) is 18.2. The molecule has 2 aromatic carbocycles. The minimum atomic E-state index is -1.74. The van der Waals surface area contributed by atoms with Gasteiger partial charge in [-0.3, -0.25) is 33.6 Å². The zero-order valence-corrected chi connectivity index (χ0v) is 33.1. The van der Waals surface area contributed by atoms with E-state index < -0.39 is 122 Å². The van der Waals surface area contributed by atoms with E-state index in [4.69, 9.17) is 20.9 Å². The molecule has 2 aromatic rings. The molecule has 14 N–H and O–H groups in total. The standard InChI is InChI=1S/C36H48N8O13S2/c37-21(10-19-6-8-20(45)9-7-19)31(51)43-24-16-58-59-17-25(44-34(54)22(11-18-4-2-1-3-5-18)41-28(48)13-40-33(24)53)35(55)42-23(32(52)39-12-27(38)47)14-56-36-30(50)29(49)26(46)15-57-36/h1-9,21-26,29-30,36,45-46,49-50H,10-17,37H2,(H2,38,47)(H,39,52)(H,40,53)(H,41,48)(H,42,55)(H,43,51)(H,44,54)/t21-,22-,23-,24+,25+,26+,29-,30+,36+/m0/s1. The summed E-state index contributed by atoms with van der Waals surface area (Å²) in [6, 6.07) is 8.09. The Morgan fingerprint density at radius 3 is 2.29 bits per heavy atom. The summed E-state index contributed by atoms with van der Waals surface area (Å²) in [7, 11) is 2.07. The second-order valence-corrected chi connectivity index (χ2v) is 16.1. The molecule has 0 radical (unpaired) electrons. The van der Waals surface area contributed by atoms with Gasteiger partial charge in [0.15, 0.2) is 6.29 Å². The lowest BCUT2D eigenvalue weighted by Gasteiger charge is -2.35. The largest absolute Gasteiger partial charge is 0.508 e. The van der Waals surface area contributed by atoms with Crippen molar-refractivity contribution in [1.29, 1.82) is 0 Å². The van der Waals surface area contributed by atoms with Gasteiger partial charge < -0.3 is 73.3 Å². The van der Waals surface area contributed by atoms with Gasteiger partial charge in [-0.05, 0) is 29.7 Å². The molecule has 21 nitrogen and oxygen atoms in total. The summed E-state index contributed by atoms with van der Waals surface area (Å²) in [5, 5.41) is 54.6. The summed E-state index contributed by atoms with van der Waals surface area (Å²) in [4.78, 5) is 91.9. The molecule has 2 fully saturated rings. The van der Waals surface area contributed by atoms with Crippen LogP contribution in [0.25, 0.3) is 0 Å². The maximum Gasteiger partial charge on any atom is 0.245 e. The van der Waals surface area contributed by atoms with Crippen LogP contribution in [0.5, 0.6) is 5.75 Å². The fourth-order valence-corrected chi connectivity index (χ4v) is 7.92. The van der Waals surface area contributed by atoms with E-state index in [2.05, 4.69) is 31.9 Å². The quantitative estimate of drug-likeness (QED) is 0.0792. The van der Waals surface area contributed by atoms with Crippen molar-refractivity contribution in [1.82, 2.24) is 31.9 Å². The molecule has 9 atom stereocenters. The Balaban J connectivity index is 1.54. The topological polar surface area (TPSA) is 343 Å². The van der Waals surface area contributed by atoms with E-state index in [1.54, 1.807) is 42.5 Å². The number of nitrogens with two attached hydrogens (primary N) is 2. The maximum atomic E-state index is 13.9. The van der Waals surface area contributed by atoms with Crippen LogP contribution in [-0.4, -0.2) is 154 Å². The van der Waals surface area contributed by atoms with E-state index in [-0.39, 0.29) is 30.1 Å². The number of hydrogen-bond donors (Lipinski definition) is 12. The van der Waals surface area contributed by atoms with Gasteiger partial charge in [0.2, 0.25) is 41.4 Å². The van der Waals surface area contributed by atoms with Gasteiger partial charge in [0.25, 0.3) is 0 Å². The van der Waals surface area contributed by atoms with Crippen molar-refractivity contribution in [3.63, 3.8) is 0 Å². The van der Waals surface area contributed by atoms with Crippen molar-refractivity contribution in [2.45, 2.75) is 67.7 Å². The second kappa shape index (κ2) is 23.0. The maximum absolute atomic E-state index is 13.9. The van der Waals surface area contributed by atoms with Gasteiger partial charge in [-0.2, -0.15) is 0 Å². The minimum Gasteiger partial charge on any atom is -0.508 e. The normalized spacial score (nSPS) is 25.4. The number of phenolic OH excluding ortho intramolecular Hbond substituents is 1. The number of carbonyl (C=O) groups excluding carboxylic acids is 7. The predicted octanol–water partition coefficient (Wildman–Crippen LogP) is -4.99. The molecular weight excluding hydrogens is 817 g/mol. The zero-order chi connectivity index (χ0) is 43.1. The van der Waals surface area contributed by atoms with Crippen molar-refractivity contribution in [3.05, 3.63) is 65.7 Å². The molecular formula is C36H48N8O13S2. The highest BCUT2D eigenvalue weighted by molar-refractivity contribution is 8.76. The Bertz CT molecular complexity index is 1780. The SMILES string of the molecule is NC(=O)CNC(=O)[C@H](CO[C@@H]1OC[C@@H](O)[C@H](O)[C@H]1O)NC(=O)[C@H]1CSSC[C@@H](NC(=O)[C@@H](N)Cc2ccc(O)cc2)C(=O)NCC(=O)N[C@@H](Cc2ccccc2)C(=O)N1. The first kappa shape index (κ1) is 46.7. The number of hydrogen-bond acceptors (Lipinski definition) is 16. The summed E-state index contributed by atoms with van der Waals surface area (Å²) in [5.41, 5.74) is 12.6. The van der Waals surface area contributed by atoms with Crippen LogP contribution in [0.3, 0.4) is 0 Å². The average Bonchev–Trinajstić information content (AvgIpc) is 3.21. The van der Waals surface area contributed by atoms with Gasteiger partial charge in [0, 0.05) is 17.9 Å². The van der Waals surface area contributed by atoms with E-state index in [1.807, 2.05) is 0 Å². The van der Waals surface area contributed by atoms with Gasteiger partial charge in [-0.15, -0.1) is 0 Å². The van der Waals surface area contributed by atoms with Crippen molar-refractivity contribution in [2.75, 3.05) is 37.8 Å². The highest BCUT2D eigenvalue weighted by Gasteiger charge is 2.39. The zero-order valence-electron chi connectivity index (χ0n) is 31.5. The third kappa shape index (κ3) is 15.0. The molecule has 23 heteroatoms. The number of aliphatic hydroxyl groups is 3. The Morgan fingerprint density at radius 1 is 0.898 bits per heavy atom. The molecule has 0 saturated carbocycles. The van der Waals surface area contributed by atoms with Crippen LogP contribution in [0, 0.1) is 0 Å². The molecule has 0 aliphatic carbocycles. The Morgan fingerprint density at radius 2 is 1.59 bits per heavy atom. The number of ether oxygens (including phenoxy) is 2. The Hall–Kier alpha value is -5.01. The molecule has 2 aliphatic rings.